The Kier molecular flexibility index (Phi) is 14.5. The van der Waals surface area contributed by atoms with Crippen molar-refractivity contribution in [2.45, 2.75) is 161 Å². The van der Waals surface area contributed by atoms with Crippen LogP contribution in [0, 0.1) is 16.2 Å². The van der Waals surface area contributed by atoms with E-state index in [0.717, 1.165) is 5.57 Å². The molecule has 4 aliphatic rings. The summed E-state index contributed by atoms with van der Waals surface area (Å²) >= 11 is 0. The lowest BCUT2D eigenvalue weighted by molar-refractivity contribution is -0.349. The number of hydrogen-bond acceptors (Lipinski definition) is 14. The maximum atomic E-state index is 13.3. The zero-order chi connectivity index (χ0) is 41.8. The van der Waals surface area contributed by atoms with Crippen molar-refractivity contribution in [3.63, 3.8) is 0 Å². The second-order valence-electron chi connectivity index (χ2n) is 17.7. The molecule has 0 aromatic rings. The highest BCUT2D eigenvalue weighted by Crippen LogP contribution is 2.49. The van der Waals surface area contributed by atoms with E-state index in [1.54, 1.807) is 40.7 Å². The molecule has 9 atom stereocenters. The van der Waals surface area contributed by atoms with Crippen LogP contribution < -0.4 is 0 Å². The molecule has 0 amide bonds. The van der Waals surface area contributed by atoms with E-state index in [4.69, 9.17) is 33.2 Å². The minimum atomic E-state index is -1.97. The molecule has 0 radical (unpaired) electrons. The molecule has 6 bridgehead atoms. The zero-order valence-electron chi connectivity index (χ0n) is 34.5. The van der Waals surface area contributed by atoms with E-state index < -0.39 is 101 Å². The van der Waals surface area contributed by atoms with Crippen molar-refractivity contribution < 1.29 is 67.7 Å². The number of esters is 4. The highest BCUT2D eigenvalue weighted by atomic mass is 16.6. The molecule has 314 valence electrons. The molecule has 4 heterocycles. The van der Waals surface area contributed by atoms with E-state index in [0.29, 0.717) is 17.8 Å². The molecule has 2 saturated heterocycles. The summed E-state index contributed by atoms with van der Waals surface area (Å²) in [6.07, 6.45) is 1.70. The van der Waals surface area contributed by atoms with Gasteiger partial charge in [-0.25, -0.2) is 9.59 Å². The van der Waals surface area contributed by atoms with Gasteiger partial charge in [-0.05, 0) is 66.0 Å². The van der Waals surface area contributed by atoms with Crippen LogP contribution in [0.4, 0.5) is 0 Å². The summed E-state index contributed by atoms with van der Waals surface area (Å²) in [5.74, 6) is -3.82. The summed E-state index contributed by atoms with van der Waals surface area (Å²) in [6, 6.07) is 0. The van der Waals surface area contributed by atoms with Gasteiger partial charge >= 0.3 is 23.9 Å². The third-order valence-electron chi connectivity index (χ3n) is 11.1. The maximum Gasteiger partial charge on any atom is 0.330 e. The fourth-order valence-electron chi connectivity index (χ4n) is 7.44. The van der Waals surface area contributed by atoms with Gasteiger partial charge in [-0.3, -0.25) is 9.59 Å². The van der Waals surface area contributed by atoms with Gasteiger partial charge in [-0.15, -0.1) is 0 Å². The lowest BCUT2D eigenvalue weighted by atomic mass is 9.70. The van der Waals surface area contributed by atoms with Gasteiger partial charge in [-0.2, -0.15) is 0 Å². The van der Waals surface area contributed by atoms with Gasteiger partial charge in [0.1, 0.15) is 24.1 Å². The van der Waals surface area contributed by atoms with E-state index in [9.17, 15) is 34.5 Å². The molecule has 0 unspecified atom stereocenters. The van der Waals surface area contributed by atoms with Crippen LogP contribution in [0.2, 0.25) is 0 Å². The predicted octanol–water partition coefficient (Wildman–Crippen LogP) is 4.68. The van der Waals surface area contributed by atoms with Crippen LogP contribution in [0.3, 0.4) is 0 Å². The highest BCUT2D eigenvalue weighted by Gasteiger charge is 2.58. The Morgan fingerprint density at radius 2 is 1.57 bits per heavy atom. The molecule has 0 aromatic carbocycles. The van der Waals surface area contributed by atoms with Gasteiger partial charge in [-0.1, -0.05) is 31.6 Å². The smallest absolute Gasteiger partial charge is 0.330 e. The van der Waals surface area contributed by atoms with Crippen LogP contribution in [0.25, 0.3) is 0 Å². The van der Waals surface area contributed by atoms with Crippen LogP contribution in [-0.4, -0.2) is 108 Å². The van der Waals surface area contributed by atoms with E-state index in [-0.39, 0.29) is 38.5 Å². The number of fused-ring (bicyclic) bond motifs is 6. The Hall–Kier alpha value is -3.56. The molecule has 4 rings (SSSR count). The quantitative estimate of drug-likeness (QED) is 0.154. The van der Waals surface area contributed by atoms with Crippen LogP contribution >= 0.6 is 0 Å². The van der Waals surface area contributed by atoms with Gasteiger partial charge in [0.2, 0.25) is 0 Å². The molecular weight excluding hydrogens is 728 g/mol. The first-order valence-electron chi connectivity index (χ1n) is 19.4. The summed E-state index contributed by atoms with van der Waals surface area (Å²) in [5.41, 5.74) is -1.49. The van der Waals surface area contributed by atoms with Crippen molar-refractivity contribution in [3.05, 3.63) is 47.3 Å². The molecule has 14 nitrogen and oxygen atoms in total. The highest BCUT2D eigenvalue weighted by molar-refractivity contribution is 5.83. The number of cyclic esters (lactones) is 1. The summed E-state index contributed by atoms with van der Waals surface area (Å²) in [4.78, 5) is 51.3. The Morgan fingerprint density at radius 3 is 2.20 bits per heavy atom. The number of aliphatic hydroxyl groups is 3. The minimum Gasteiger partial charge on any atom is -0.493 e. The molecule has 0 spiro atoms. The maximum absolute atomic E-state index is 13.3. The van der Waals surface area contributed by atoms with Crippen molar-refractivity contribution in [1.82, 2.24) is 0 Å². The Labute approximate surface area is 330 Å². The number of carbonyl (C=O) groups excluding carboxylic acids is 4. The first-order valence-corrected chi connectivity index (χ1v) is 19.4. The number of ether oxygens (including phenoxy) is 7. The number of aliphatic hydroxyl groups excluding tert-OH is 2. The Morgan fingerprint density at radius 1 is 0.911 bits per heavy atom. The SMILES string of the molecule is COC(=O)/C=C1\C=C2O[C@@H](C1)C[C@H]([C@@H](C)O)OC(=O)C[C@H](O)C[C@@H]1C[C@H](OC(=O)C(C)(C)C)C(C)(C)[C@](O)(C[C@@H]3C/C(=C/C(=O)OC)C[C@H](/C=C/C2(C)C)O3)O1. The fraction of sp³-hybridized carbons (Fsp3) is 0.714. The lowest BCUT2D eigenvalue weighted by Gasteiger charge is -2.54. The van der Waals surface area contributed by atoms with Gasteiger partial charge in [0.15, 0.2) is 5.79 Å². The predicted molar refractivity (Wildman–Crippen MR) is 202 cm³/mol. The molecule has 2 fully saturated rings. The summed E-state index contributed by atoms with van der Waals surface area (Å²) in [5, 5.41) is 34.5. The van der Waals surface area contributed by atoms with Crippen LogP contribution in [0.15, 0.2) is 47.3 Å². The molecule has 3 N–H and O–H groups in total. The van der Waals surface area contributed by atoms with Crippen molar-refractivity contribution in [3.8, 4) is 0 Å². The molecule has 0 saturated carbocycles. The van der Waals surface area contributed by atoms with Crippen LogP contribution in [0.5, 0.6) is 0 Å². The lowest BCUT2D eigenvalue weighted by Crippen LogP contribution is -2.62. The molecule has 0 aliphatic carbocycles. The van der Waals surface area contributed by atoms with Crippen LogP contribution in [0.1, 0.15) is 107 Å². The Balaban J connectivity index is 1.81. The molecule has 4 aliphatic heterocycles. The van der Waals surface area contributed by atoms with Gasteiger partial charge in [0.05, 0.1) is 62.0 Å². The number of allylic oxidation sites excluding steroid dienone is 2. The van der Waals surface area contributed by atoms with E-state index in [2.05, 4.69) is 0 Å². The van der Waals surface area contributed by atoms with Gasteiger partial charge in [0.25, 0.3) is 0 Å². The van der Waals surface area contributed by atoms with Crippen LogP contribution in [-0.2, 0) is 52.3 Å². The van der Waals surface area contributed by atoms with Gasteiger partial charge < -0.3 is 48.5 Å². The molecule has 14 heteroatoms. The Bertz CT molecular complexity index is 1580. The van der Waals surface area contributed by atoms with Crippen molar-refractivity contribution >= 4 is 23.9 Å². The summed E-state index contributed by atoms with van der Waals surface area (Å²) in [7, 11) is 2.57. The largest absolute Gasteiger partial charge is 0.493 e. The second-order valence-corrected chi connectivity index (χ2v) is 17.7. The normalized spacial score (nSPS) is 35.1. The number of carbonyl (C=O) groups is 4. The monoisotopic (exact) mass is 790 g/mol. The van der Waals surface area contributed by atoms with Gasteiger partial charge in [0, 0.05) is 49.7 Å². The first-order chi connectivity index (χ1) is 25.9. The topological polar surface area (TPSA) is 194 Å². The van der Waals surface area contributed by atoms with E-state index in [1.165, 1.54) is 33.3 Å². The third kappa shape index (κ3) is 11.5. The van der Waals surface area contributed by atoms with E-state index in [1.807, 2.05) is 26.0 Å². The van der Waals surface area contributed by atoms with Crippen molar-refractivity contribution in [1.29, 1.82) is 0 Å². The molecular formula is C42H62O14. The second kappa shape index (κ2) is 17.9. The minimum absolute atomic E-state index is 0.0684. The number of methoxy groups -OCH3 is 2. The average molecular weight is 791 g/mol. The van der Waals surface area contributed by atoms with Crippen molar-refractivity contribution in [2.75, 3.05) is 14.2 Å². The van der Waals surface area contributed by atoms with Crippen molar-refractivity contribution in [2.24, 2.45) is 16.2 Å². The standard InChI is InChI=1S/C42H62O14/c1-24(43)32-21-29-14-26(18-36(46)51-10)16-33(53-29)40(5,6)12-11-28-13-25(17-35(45)50-9)15-31(52-28)23-42(49)41(7,8)34(55-38(48)39(2,3)4)22-30(56-42)19-27(44)20-37(47)54-32/h11-12,16-18,24,27-32,34,43-44,49H,13-15,19-23H2,1-10H3/b12-11+,25-17+,26-18-/t24-,27-,28+,29+,30-,31+,32-,34+,42+/m1/s1. The summed E-state index contributed by atoms with van der Waals surface area (Å²) < 4.78 is 41.1. The molecule has 56 heavy (non-hydrogen) atoms. The molecule has 0 aromatic heterocycles. The van der Waals surface area contributed by atoms with E-state index >= 15 is 0 Å². The first kappa shape index (κ1) is 45.1. The third-order valence-corrected chi connectivity index (χ3v) is 11.1. The number of hydrogen-bond donors (Lipinski definition) is 3. The fourth-order valence-corrected chi connectivity index (χ4v) is 7.44. The average Bonchev–Trinajstić information content (AvgIpc) is 3.08. The zero-order valence-corrected chi connectivity index (χ0v) is 34.5. The number of rotatable bonds is 4. The summed E-state index contributed by atoms with van der Waals surface area (Å²) in [6.45, 7) is 14.0.